The molecule has 7 nitrogen and oxygen atoms in total. The number of fused-ring (bicyclic) bond motifs is 1. The molecule has 2 saturated heterocycles. The predicted molar refractivity (Wildman–Crippen MR) is 86.6 cm³/mol. The molecule has 8 heteroatoms. The predicted octanol–water partition coefficient (Wildman–Crippen LogP) is 0.294. The highest BCUT2D eigenvalue weighted by atomic mass is 32.2. The van der Waals surface area contributed by atoms with E-state index < -0.39 is 9.84 Å². The molecule has 2 fully saturated rings. The Bertz CT molecular complexity index is 697. The SMILES string of the molecule is CC(=O)N1CCN(Cc2cnn(C(C)C)c2)[C@H]2CS(=O)(=O)C[C@H]21. The number of piperazine rings is 1. The molecule has 0 aromatic carbocycles. The Balaban J connectivity index is 1.79. The van der Waals surface area contributed by atoms with Crippen LogP contribution in [0.2, 0.25) is 0 Å². The van der Waals surface area contributed by atoms with Gasteiger partial charge in [0.1, 0.15) is 0 Å². The fourth-order valence-corrected chi connectivity index (χ4v) is 5.60. The molecule has 0 radical (unpaired) electrons. The first kappa shape index (κ1) is 16.4. The molecule has 2 aliphatic rings. The van der Waals surface area contributed by atoms with Crippen LogP contribution in [0.4, 0.5) is 0 Å². The van der Waals surface area contributed by atoms with Gasteiger partial charge < -0.3 is 4.90 Å². The van der Waals surface area contributed by atoms with Gasteiger partial charge in [-0.3, -0.25) is 14.4 Å². The molecule has 1 aromatic rings. The molecule has 2 atom stereocenters. The summed E-state index contributed by atoms with van der Waals surface area (Å²) >= 11 is 0. The first-order valence-electron chi connectivity index (χ1n) is 8.01. The summed E-state index contributed by atoms with van der Waals surface area (Å²) in [4.78, 5) is 15.7. The van der Waals surface area contributed by atoms with Crippen LogP contribution in [0.5, 0.6) is 0 Å². The van der Waals surface area contributed by atoms with Crippen molar-refractivity contribution in [2.75, 3.05) is 24.6 Å². The lowest BCUT2D eigenvalue weighted by molar-refractivity contribution is -0.134. The van der Waals surface area contributed by atoms with Crippen LogP contribution in [-0.2, 0) is 21.2 Å². The van der Waals surface area contributed by atoms with Crippen LogP contribution in [0.15, 0.2) is 12.4 Å². The fraction of sp³-hybridized carbons (Fsp3) is 0.733. The second-order valence-electron chi connectivity index (χ2n) is 6.82. The lowest BCUT2D eigenvalue weighted by atomic mass is 10.0. The number of hydrogen-bond acceptors (Lipinski definition) is 5. The van der Waals surface area contributed by atoms with Crippen molar-refractivity contribution in [3.63, 3.8) is 0 Å². The van der Waals surface area contributed by atoms with E-state index in [1.54, 1.807) is 4.90 Å². The summed E-state index contributed by atoms with van der Waals surface area (Å²) in [6.07, 6.45) is 3.86. The number of carbonyl (C=O) groups is 1. The van der Waals surface area contributed by atoms with E-state index in [2.05, 4.69) is 23.8 Å². The van der Waals surface area contributed by atoms with Gasteiger partial charge in [0.15, 0.2) is 9.84 Å². The minimum Gasteiger partial charge on any atom is -0.336 e. The summed E-state index contributed by atoms with van der Waals surface area (Å²) in [5.41, 5.74) is 1.08. The van der Waals surface area contributed by atoms with Crippen LogP contribution < -0.4 is 0 Å². The lowest BCUT2D eigenvalue weighted by Crippen LogP contribution is -2.59. The van der Waals surface area contributed by atoms with E-state index in [0.717, 1.165) is 5.56 Å². The summed E-state index contributed by atoms with van der Waals surface area (Å²) in [5, 5.41) is 4.35. The average molecular weight is 340 g/mol. The zero-order chi connectivity index (χ0) is 16.8. The highest BCUT2D eigenvalue weighted by molar-refractivity contribution is 7.91. The normalized spacial score (nSPS) is 27.4. The maximum atomic E-state index is 12.1. The van der Waals surface area contributed by atoms with E-state index >= 15 is 0 Å². The molecule has 0 unspecified atom stereocenters. The first-order chi connectivity index (χ1) is 10.8. The molecule has 0 N–H and O–H groups in total. The van der Waals surface area contributed by atoms with Crippen LogP contribution in [0.25, 0.3) is 0 Å². The Morgan fingerprint density at radius 2 is 2.00 bits per heavy atom. The number of carbonyl (C=O) groups excluding carboxylic acids is 1. The quantitative estimate of drug-likeness (QED) is 0.791. The van der Waals surface area contributed by atoms with Gasteiger partial charge >= 0.3 is 0 Å². The standard InChI is InChI=1S/C15H24N4O3S/c1-11(2)19-8-13(6-16-19)7-17-4-5-18(12(3)20)15-10-23(21,22)9-14(15)17/h6,8,11,14-15H,4-5,7,9-10H2,1-3H3/t14-,15+/m0/s1. The second kappa shape index (κ2) is 5.90. The molecule has 1 aromatic heterocycles. The van der Waals surface area contributed by atoms with Crippen molar-refractivity contribution in [1.82, 2.24) is 19.6 Å². The lowest BCUT2D eigenvalue weighted by Gasteiger charge is -2.43. The van der Waals surface area contributed by atoms with Crippen LogP contribution in [0.1, 0.15) is 32.4 Å². The van der Waals surface area contributed by atoms with Gasteiger partial charge in [0, 0.05) is 50.4 Å². The molecule has 2 aliphatic heterocycles. The van der Waals surface area contributed by atoms with Gasteiger partial charge in [-0.05, 0) is 13.8 Å². The zero-order valence-corrected chi connectivity index (χ0v) is 14.7. The van der Waals surface area contributed by atoms with Crippen molar-refractivity contribution < 1.29 is 13.2 Å². The maximum Gasteiger partial charge on any atom is 0.219 e. The first-order valence-corrected chi connectivity index (χ1v) is 9.83. The Kier molecular flexibility index (Phi) is 4.22. The summed E-state index contributed by atoms with van der Waals surface area (Å²) in [5.74, 6) is 0.183. The Morgan fingerprint density at radius 1 is 1.30 bits per heavy atom. The van der Waals surface area contributed by atoms with Gasteiger partial charge in [-0.15, -0.1) is 0 Å². The minimum atomic E-state index is -3.09. The van der Waals surface area contributed by atoms with Gasteiger partial charge in [0.25, 0.3) is 0 Å². The van der Waals surface area contributed by atoms with E-state index in [4.69, 9.17) is 0 Å². The van der Waals surface area contributed by atoms with E-state index in [1.165, 1.54) is 6.92 Å². The summed E-state index contributed by atoms with van der Waals surface area (Å²) in [7, 11) is -3.09. The molecule has 3 rings (SSSR count). The van der Waals surface area contributed by atoms with Crippen molar-refractivity contribution >= 4 is 15.7 Å². The van der Waals surface area contributed by atoms with Crippen molar-refractivity contribution in [3.8, 4) is 0 Å². The largest absolute Gasteiger partial charge is 0.336 e. The zero-order valence-electron chi connectivity index (χ0n) is 13.8. The molecule has 0 spiro atoms. The molecule has 128 valence electrons. The van der Waals surface area contributed by atoms with Gasteiger partial charge in [-0.25, -0.2) is 8.42 Å². The smallest absolute Gasteiger partial charge is 0.219 e. The highest BCUT2D eigenvalue weighted by Gasteiger charge is 2.47. The van der Waals surface area contributed by atoms with E-state index in [0.29, 0.717) is 25.7 Å². The number of nitrogens with zero attached hydrogens (tertiary/aromatic N) is 4. The van der Waals surface area contributed by atoms with Crippen LogP contribution in [0.3, 0.4) is 0 Å². The molecule has 23 heavy (non-hydrogen) atoms. The molecule has 3 heterocycles. The monoisotopic (exact) mass is 340 g/mol. The second-order valence-corrected chi connectivity index (χ2v) is 8.97. The maximum absolute atomic E-state index is 12.1. The third-order valence-electron chi connectivity index (χ3n) is 4.77. The van der Waals surface area contributed by atoms with Crippen molar-refractivity contribution in [1.29, 1.82) is 0 Å². The third kappa shape index (κ3) is 3.28. The van der Waals surface area contributed by atoms with Gasteiger partial charge in [-0.2, -0.15) is 5.10 Å². The van der Waals surface area contributed by atoms with Gasteiger partial charge in [0.2, 0.25) is 5.91 Å². The Morgan fingerprint density at radius 3 is 2.61 bits per heavy atom. The fourth-order valence-electron chi connectivity index (χ4n) is 3.59. The molecule has 0 aliphatic carbocycles. The van der Waals surface area contributed by atoms with Crippen LogP contribution in [0, 0.1) is 0 Å². The molecular weight excluding hydrogens is 316 g/mol. The highest BCUT2D eigenvalue weighted by Crippen LogP contribution is 2.28. The summed E-state index contributed by atoms with van der Waals surface area (Å²) in [6, 6.07) is -0.0237. The van der Waals surface area contributed by atoms with E-state index in [9.17, 15) is 13.2 Å². The Hall–Kier alpha value is -1.41. The van der Waals surface area contributed by atoms with Crippen molar-refractivity contribution in [2.45, 2.75) is 45.4 Å². The number of hydrogen-bond donors (Lipinski definition) is 0. The van der Waals surface area contributed by atoms with Gasteiger partial charge in [0.05, 0.1) is 23.7 Å². The molecule has 0 bridgehead atoms. The summed E-state index contributed by atoms with van der Waals surface area (Å²) < 4.78 is 26.1. The molecule has 1 amide bonds. The van der Waals surface area contributed by atoms with Crippen molar-refractivity contribution in [3.05, 3.63) is 18.0 Å². The van der Waals surface area contributed by atoms with E-state index in [1.807, 2.05) is 17.1 Å². The number of amides is 1. The molecule has 0 saturated carbocycles. The number of sulfone groups is 1. The average Bonchev–Trinajstić information content (AvgIpc) is 3.02. The van der Waals surface area contributed by atoms with E-state index in [-0.39, 0.29) is 29.5 Å². The van der Waals surface area contributed by atoms with Crippen LogP contribution in [-0.4, -0.2) is 70.6 Å². The number of rotatable bonds is 3. The van der Waals surface area contributed by atoms with Crippen molar-refractivity contribution in [2.24, 2.45) is 0 Å². The topological polar surface area (TPSA) is 75.5 Å². The molecular formula is C15H24N4O3S. The Labute approximate surface area is 137 Å². The van der Waals surface area contributed by atoms with Crippen LogP contribution >= 0.6 is 0 Å². The number of aromatic nitrogens is 2. The van der Waals surface area contributed by atoms with Gasteiger partial charge in [-0.1, -0.05) is 0 Å². The summed E-state index contributed by atoms with van der Waals surface area (Å²) in [6.45, 7) is 7.62. The third-order valence-corrected chi connectivity index (χ3v) is 6.46. The minimum absolute atomic E-state index is 0.0376.